The molecule has 0 fully saturated rings. The zero-order valence-corrected chi connectivity index (χ0v) is 19.3. The third-order valence-corrected chi connectivity index (χ3v) is 5.78. The number of allylic oxidation sites excluding steroid dienone is 3. The number of ether oxygens (including phenoxy) is 3. The summed E-state index contributed by atoms with van der Waals surface area (Å²) in [6.07, 6.45) is 9.87. The van der Waals surface area contributed by atoms with E-state index in [1.807, 2.05) is 32.1 Å². The number of thioether (sulfide) groups is 1. The molecule has 1 aromatic carbocycles. The fourth-order valence-corrected chi connectivity index (χ4v) is 4.10. The first-order valence-corrected chi connectivity index (χ1v) is 11.9. The van der Waals surface area contributed by atoms with Gasteiger partial charge in [-0.2, -0.15) is 4.79 Å². The van der Waals surface area contributed by atoms with Gasteiger partial charge in [-0.1, -0.05) is 50.8 Å². The number of nitrogens with zero attached hydrogens (tertiary/aromatic N) is 2. The molecule has 1 aromatic rings. The van der Waals surface area contributed by atoms with Crippen molar-refractivity contribution < 1.29 is 19.0 Å². The van der Waals surface area contributed by atoms with Gasteiger partial charge >= 0.3 is 5.71 Å². The Bertz CT molecular complexity index is 765. The lowest BCUT2D eigenvalue weighted by Gasteiger charge is -2.17. The van der Waals surface area contributed by atoms with Crippen LogP contribution in [0.4, 0.5) is 0 Å². The van der Waals surface area contributed by atoms with Crippen molar-refractivity contribution in [3.8, 4) is 5.75 Å². The number of hydrogen-bond acceptors (Lipinski definition) is 4. The van der Waals surface area contributed by atoms with Crippen LogP contribution < -0.4 is 4.74 Å². The molecular weight excluding hydrogens is 396 g/mol. The predicted molar refractivity (Wildman–Crippen MR) is 123 cm³/mol. The van der Waals surface area contributed by atoms with Crippen LogP contribution >= 0.6 is 11.8 Å². The lowest BCUT2D eigenvalue weighted by atomic mass is 10.1. The quantitative estimate of drug-likeness (QED) is 0.186. The molecule has 0 heterocycles. The minimum absolute atomic E-state index is 0.415. The van der Waals surface area contributed by atoms with Crippen LogP contribution in [0.15, 0.2) is 51.7 Å². The molecule has 5 nitrogen and oxygen atoms in total. The average Bonchev–Trinajstić information content (AvgIpc) is 2.76. The third kappa shape index (κ3) is 7.92. The Morgan fingerprint density at radius 3 is 2.27 bits per heavy atom. The Morgan fingerprint density at radius 2 is 1.60 bits per heavy atom. The molecule has 1 aliphatic rings. The van der Waals surface area contributed by atoms with Crippen LogP contribution in [0, 0.1) is 0 Å². The number of rotatable bonds is 14. The second-order valence-corrected chi connectivity index (χ2v) is 8.19. The molecule has 0 spiro atoms. The maximum Gasteiger partial charge on any atom is 0.340 e. The number of hydrogen-bond donors (Lipinski definition) is 0. The number of benzene rings is 1. The van der Waals surface area contributed by atoms with E-state index in [0.29, 0.717) is 31.1 Å². The fourth-order valence-electron chi connectivity index (χ4n) is 3.16. The van der Waals surface area contributed by atoms with Crippen molar-refractivity contribution in [1.82, 2.24) is 0 Å². The molecule has 0 bridgehead atoms. The van der Waals surface area contributed by atoms with E-state index in [2.05, 4.69) is 23.8 Å². The molecule has 2 rings (SSSR count). The van der Waals surface area contributed by atoms with Crippen molar-refractivity contribution in [3.05, 3.63) is 52.3 Å². The van der Waals surface area contributed by atoms with Gasteiger partial charge in [0.2, 0.25) is 5.76 Å². The van der Waals surface area contributed by atoms with Gasteiger partial charge in [-0.25, -0.2) is 0 Å². The van der Waals surface area contributed by atoms with Crippen LogP contribution in [0.5, 0.6) is 5.75 Å². The molecule has 0 amide bonds. The van der Waals surface area contributed by atoms with Gasteiger partial charge in [-0.15, -0.1) is 0 Å². The molecular formula is C24H34N2O3S. The standard InChI is InChI=1S/C24H34N2O3S/c1-4-7-8-9-10-11-16-29-19-12-14-20(15-13-19)30-24-18-22(27-5-2)21(26-25)17-23(24)28-6-3/h12-15,18H,4-11,16-17H2,1-3H3. The molecule has 1 aliphatic carbocycles. The van der Waals surface area contributed by atoms with Crippen molar-refractivity contribution in [1.29, 1.82) is 0 Å². The number of unbranched alkanes of at least 4 members (excludes halogenated alkanes) is 5. The monoisotopic (exact) mass is 430 g/mol. The summed E-state index contributed by atoms with van der Waals surface area (Å²) in [6.45, 7) is 7.93. The van der Waals surface area contributed by atoms with E-state index in [0.717, 1.165) is 34.3 Å². The topological polar surface area (TPSA) is 64.1 Å². The molecule has 6 heteroatoms. The Kier molecular flexibility index (Phi) is 11.2. The summed E-state index contributed by atoms with van der Waals surface area (Å²) in [4.78, 5) is 5.43. The lowest BCUT2D eigenvalue weighted by Crippen LogP contribution is -2.15. The Morgan fingerprint density at radius 1 is 0.900 bits per heavy atom. The van der Waals surface area contributed by atoms with Crippen molar-refractivity contribution in [3.63, 3.8) is 0 Å². The van der Waals surface area contributed by atoms with Crippen LogP contribution in [-0.2, 0) is 9.47 Å². The van der Waals surface area contributed by atoms with E-state index >= 15 is 0 Å². The van der Waals surface area contributed by atoms with E-state index < -0.39 is 0 Å². The fraction of sp³-hybridized carbons (Fsp3) is 0.542. The lowest BCUT2D eigenvalue weighted by molar-refractivity contribution is -0.0134. The Balaban J connectivity index is 1.94. The molecule has 0 saturated heterocycles. The van der Waals surface area contributed by atoms with Crippen LogP contribution in [0.2, 0.25) is 0 Å². The van der Waals surface area contributed by atoms with Gasteiger partial charge in [-0.05, 0) is 44.5 Å². The normalized spacial score (nSPS) is 13.7. The van der Waals surface area contributed by atoms with Gasteiger partial charge in [0.1, 0.15) is 17.9 Å². The van der Waals surface area contributed by atoms with Crippen molar-refractivity contribution >= 4 is 17.5 Å². The second-order valence-electron chi connectivity index (χ2n) is 7.08. The average molecular weight is 431 g/mol. The van der Waals surface area contributed by atoms with Crippen LogP contribution in [0.3, 0.4) is 0 Å². The van der Waals surface area contributed by atoms with Crippen LogP contribution in [-0.4, -0.2) is 30.3 Å². The van der Waals surface area contributed by atoms with Gasteiger partial charge < -0.3 is 19.7 Å². The Hall–Kier alpha value is -2.17. The van der Waals surface area contributed by atoms with E-state index in [1.54, 1.807) is 11.8 Å². The highest BCUT2D eigenvalue weighted by Gasteiger charge is 2.28. The molecule has 164 valence electrons. The molecule has 0 N–H and O–H groups in total. The van der Waals surface area contributed by atoms with E-state index in [-0.39, 0.29) is 0 Å². The summed E-state index contributed by atoms with van der Waals surface area (Å²) in [7, 11) is 0. The molecule has 30 heavy (non-hydrogen) atoms. The summed E-state index contributed by atoms with van der Waals surface area (Å²) >= 11 is 1.61. The second kappa shape index (κ2) is 13.9. The molecule has 0 radical (unpaired) electrons. The van der Waals surface area contributed by atoms with Crippen LogP contribution in [0.1, 0.15) is 65.7 Å². The summed E-state index contributed by atoms with van der Waals surface area (Å²) in [5.74, 6) is 2.28. The summed E-state index contributed by atoms with van der Waals surface area (Å²) < 4.78 is 17.3. The van der Waals surface area contributed by atoms with Gasteiger partial charge in [0, 0.05) is 11.0 Å². The van der Waals surface area contributed by atoms with Gasteiger partial charge in [0.15, 0.2) is 0 Å². The molecule has 0 aliphatic heterocycles. The molecule has 0 aromatic heterocycles. The van der Waals surface area contributed by atoms with E-state index in [9.17, 15) is 5.53 Å². The highest BCUT2D eigenvalue weighted by Crippen LogP contribution is 2.36. The minimum atomic E-state index is 0.415. The van der Waals surface area contributed by atoms with Gasteiger partial charge in [0.25, 0.3) is 0 Å². The predicted octanol–water partition coefficient (Wildman–Crippen LogP) is 6.76. The Labute approximate surface area is 185 Å². The van der Waals surface area contributed by atoms with E-state index in [4.69, 9.17) is 14.2 Å². The van der Waals surface area contributed by atoms with Crippen molar-refractivity contribution in [2.75, 3.05) is 19.8 Å². The first-order chi connectivity index (χ1) is 14.7. The largest absolute Gasteiger partial charge is 0.496 e. The smallest absolute Gasteiger partial charge is 0.340 e. The van der Waals surface area contributed by atoms with Crippen molar-refractivity contribution in [2.24, 2.45) is 0 Å². The highest BCUT2D eigenvalue weighted by atomic mass is 32.2. The summed E-state index contributed by atoms with van der Waals surface area (Å²) in [5, 5.41) is 0. The SMILES string of the molecule is CCCCCCCCOc1ccc(SC2=C(OCC)CC(=[N+]=[N-])C(OCC)=C2)cc1. The maximum absolute atomic E-state index is 9.29. The maximum atomic E-state index is 9.29. The summed E-state index contributed by atoms with van der Waals surface area (Å²) in [6, 6.07) is 8.14. The van der Waals surface area contributed by atoms with E-state index in [1.165, 1.54) is 32.1 Å². The zero-order valence-electron chi connectivity index (χ0n) is 18.5. The zero-order chi connectivity index (χ0) is 21.6. The summed E-state index contributed by atoms with van der Waals surface area (Å²) in [5.41, 5.74) is 9.78. The first kappa shape index (κ1) is 24.1. The molecule has 0 atom stereocenters. The van der Waals surface area contributed by atoms with Gasteiger partial charge in [-0.3, -0.25) is 0 Å². The first-order valence-electron chi connectivity index (χ1n) is 11.0. The third-order valence-electron chi connectivity index (χ3n) is 4.71. The van der Waals surface area contributed by atoms with Gasteiger partial charge in [0.05, 0.1) is 24.7 Å². The highest BCUT2D eigenvalue weighted by molar-refractivity contribution is 8.03. The molecule has 0 saturated carbocycles. The van der Waals surface area contributed by atoms with Crippen molar-refractivity contribution in [2.45, 2.75) is 70.6 Å². The van der Waals surface area contributed by atoms with Crippen LogP contribution in [0.25, 0.3) is 5.53 Å². The minimum Gasteiger partial charge on any atom is -0.496 e. The molecule has 0 unspecified atom stereocenters.